The summed E-state index contributed by atoms with van der Waals surface area (Å²) in [7, 11) is 1.59. The van der Waals surface area contributed by atoms with Gasteiger partial charge in [-0.3, -0.25) is 9.59 Å². The van der Waals surface area contributed by atoms with Gasteiger partial charge < -0.3 is 25.1 Å². The van der Waals surface area contributed by atoms with E-state index in [1.807, 2.05) is 0 Å². The summed E-state index contributed by atoms with van der Waals surface area (Å²) in [5.41, 5.74) is 5.72. The van der Waals surface area contributed by atoms with Crippen LogP contribution in [0.25, 0.3) is 0 Å². The predicted molar refractivity (Wildman–Crippen MR) is 70.8 cm³/mol. The Labute approximate surface area is 111 Å². The fourth-order valence-corrected chi connectivity index (χ4v) is 1.39. The number of ether oxygens (including phenoxy) is 2. The molecule has 19 heavy (non-hydrogen) atoms. The van der Waals surface area contributed by atoms with Crippen LogP contribution in [-0.4, -0.2) is 43.9 Å². The molecule has 7 heteroatoms. The van der Waals surface area contributed by atoms with Crippen LogP contribution in [0.4, 0.5) is 5.69 Å². The lowest BCUT2D eigenvalue weighted by Gasteiger charge is -2.08. The van der Waals surface area contributed by atoms with Crippen molar-refractivity contribution >= 4 is 11.6 Å². The van der Waals surface area contributed by atoms with Gasteiger partial charge in [-0.15, -0.1) is 0 Å². The van der Waals surface area contributed by atoms with Gasteiger partial charge in [-0.2, -0.15) is 0 Å². The molecule has 0 atom stereocenters. The van der Waals surface area contributed by atoms with Crippen molar-refractivity contribution in [3.63, 3.8) is 0 Å². The topological polar surface area (TPSA) is 95.6 Å². The largest absolute Gasteiger partial charge is 0.398 e. The van der Waals surface area contributed by atoms with Crippen molar-refractivity contribution in [1.82, 2.24) is 9.88 Å². The van der Waals surface area contributed by atoms with Crippen molar-refractivity contribution in [1.29, 1.82) is 0 Å². The van der Waals surface area contributed by atoms with Crippen LogP contribution >= 0.6 is 0 Å². The standard InChI is InChI=1S/C12H19N3O4/c1-18-6-7-19-5-4-14-11(16)9-15-8-10(13)2-3-12(15)17/h2-3,8H,4-7,9,13H2,1H3,(H,14,16). The second-order valence-corrected chi connectivity index (χ2v) is 3.88. The second-order valence-electron chi connectivity index (χ2n) is 3.88. The van der Waals surface area contributed by atoms with Crippen molar-refractivity contribution in [2.75, 3.05) is 39.2 Å². The summed E-state index contributed by atoms with van der Waals surface area (Å²) in [6.45, 7) is 1.75. The molecule has 1 aromatic rings. The molecular weight excluding hydrogens is 250 g/mol. The molecule has 3 N–H and O–H groups in total. The van der Waals surface area contributed by atoms with Gasteiger partial charge in [0.1, 0.15) is 6.54 Å². The van der Waals surface area contributed by atoms with Gasteiger partial charge in [0, 0.05) is 31.6 Å². The zero-order valence-electron chi connectivity index (χ0n) is 10.9. The number of carbonyl (C=O) groups is 1. The van der Waals surface area contributed by atoms with Crippen LogP contribution in [-0.2, 0) is 20.8 Å². The molecule has 0 bridgehead atoms. The maximum Gasteiger partial charge on any atom is 0.251 e. The molecule has 0 fully saturated rings. The Morgan fingerprint density at radius 2 is 2.16 bits per heavy atom. The lowest BCUT2D eigenvalue weighted by atomic mass is 10.4. The van der Waals surface area contributed by atoms with E-state index in [0.717, 1.165) is 0 Å². The maximum absolute atomic E-state index is 11.6. The fourth-order valence-electron chi connectivity index (χ4n) is 1.39. The third-order valence-electron chi connectivity index (χ3n) is 2.32. The SMILES string of the molecule is COCCOCCNC(=O)Cn1cc(N)ccc1=O. The summed E-state index contributed by atoms with van der Waals surface area (Å²) < 4.78 is 11.3. The first-order chi connectivity index (χ1) is 9.13. The van der Waals surface area contributed by atoms with Gasteiger partial charge in [-0.25, -0.2) is 0 Å². The summed E-state index contributed by atoms with van der Waals surface area (Å²) in [5.74, 6) is -0.261. The summed E-state index contributed by atoms with van der Waals surface area (Å²) in [4.78, 5) is 23.0. The van der Waals surface area contributed by atoms with Crippen molar-refractivity contribution in [2.24, 2.45) is 0 Å². The highest BCUT2D eigenvalue weighted by molar-refractivity contribution is 5.75. The van der Waals surface area contributed by atoms with Crippen LogP contribution in [0.1, 0.15) is 0 Å². The Morgan fingerprint density at radius 3 is 2.89 bits per heavy atom. The van der Waals surface area contributed by atoms with Gasteiger partial charge in [-0.1, -0.05) is 0 Å². The van der Waals surface area contributed by atoms with Crippen LogP contribution < -0.4 is 16.6 Å². The van der Waals surface area contributed by atoms with Gasteiger partial charge in [0.05, 0.1) is 19.8 Å². The summed E-state index contributed by atoms with van der Waals surface area (Å²) in [5, 5.41) is 2.65. The molecule has 1 heterocycles. The van der Waals surface area contributed by atoms with E-state index in [-0.39, 0.29) is 18.0 Å². The number of aromatic nitrogens is 1. The number of hydrogen-bond donors (Lipinski definition) is 2. The highest BCUT2D eigenvalue weighted by Gasteiger charge is 2.04. The molecule has 0 radical (unpaired) electrons. The number of methoxy groups -OCH3 is 1. The molecule has 1 aromatic heterocycles. The lowest BCUT2D eigenvalue weighted by molar-refractivity contribution is -0.121. The number of nitrogens with one attached hydrogen (secondary N) is 1. The van der Waals surface area contributed by atoms with E-state index < -0.39 is 0 Å². The minimum atomic E-state index is -0.263. The fraction of sp³-hybridized carbons (Fsp3) is 0.500. The zero-order valence-corrected chi connectivity index (χ0v) is 10.9. The van der Waals surface area contributed by atoms with E-state index in [0.29, 0.717) is 32.1 Å². The van der Waals surface area contributed by atoms with Gasteiger partial charge in [0.25, 0.3) is 5.56 Å². The molecule has 0 aliphatic carbocycles. The first-order valence-corrected chi connectivity index (χ1v) is 5.93. The number of nitrogens with two attached hydrogens (primary N) is 1. The van der Waals surface area contributed by atoms with E-state index >= 15 is 0 Å². The third kappa shape index (κ3) is 6.03. The summed E-state index contributed by atoms with van der Waals surface area (Å²) in [6, 6.07) is 2.83. The van der Waals surface area contributed by atoms with Crippen LogP contribution in [0.3, 0.4) is 0 Å². The Balaban J connectivity index is 2.27. The van der Waals surface area contributed by atoms with E-state index in [2.05, 4.69) is 5.32 Å². The number of nitrogen functional groups attached to an aromatic ring is 1. The summed E-state index contributed by atoms with van der Waals surface area (Å²) >= 11 is 0. The molecular formula is C12H19N3O4. The van der Waals surface area contributed by atoms with E-state index in [1.54, 1.807) is 7.11 Å². The third-order valence-corrected chi connectivity index (χ3v) is 2.32. The average molecular weight is 269 g/mol. The maximum atomic E-state index is 11.6. The molecule has 0 unspecified atom stereocenters. The molecule has 0 saturated carbocycles. The Kier molecular flexibility index (Phi) is 6.62. The first-order valence-electron chi connectivity index (χ1n) is 5.93. The van der Waals surface area contributed by atoms with Crippen molar-refractivity contribution in [2.45, 2.75) is 6.54 Å². The number of carbonyl (C=O) groups excluding carboxylic acids is 1. The monoisotopic (exact) mass is 269 g/mol. The molecule has 106 valence electrons. The smallest absolute Gasteiger partial charge is 0.251 e. The number of rotatable bonds is 8. The van der Waals surface area contributed by atoms with E-state index in [9.17, 15) is 9.59 Å². The lowest BCUT2D eigenvalue weighted by Crippen LogP contribution is -2.34. The number of hydrogen-bond acceptors (Lipinski definition) is 5. The second kappa shape index (κ2) is 8.28. The van der Waals surface area contributed by atoms with Gasteiger partial charge in [0.15, 0.2) is 0 Å². The Morgan fingerprint density at radius 1 is 1.37 bits per heavy atom. The number of nitrogens with zero attached hydrogens (tertiary/aromatic N) is 1. The number of pyridine rings is 1. The minimum Gasteiger partial charge on any atom is -0.398 e. The average Bonchev–Trinajstić information content (AvgIpc) is 2.38. The summed E-state index contributed by atoms with van der Waals surface area (Å²) in [6.07, 6.45) is 1.44. The van der Waals surface area contributed by atoms with Gasteiger partial charge >= 0.3 is 0 Å². The van der Waals surface area contributed by atoms with Crippen molar-refractivity contribution < 1.29 is 14.3 Å². The van der Waals surface area contributed by atoms with Gasteiger partial charge in [0.2, 0.25) is 5.91 Å². The molecule has 0 aliphatic rings. The molecule has 0 aliphatic heterocycles. The highest BCUT2D eigenvalue weighted by atomic mass is 16.5. The normalized spacial score (nSPS) is 10.4. The Hall–Kier alpha value is -1.86. The van der Waals surface area contributed by atoms with E-state index in [4.69, 9.17) is 15.2 Å². The highest BCUT2D eigenvalue weighted by Crippen LogP contribution is 1.95. The minimum absolute atomic E-state index is 0.0536. The molecule has 1 amide bonds. The van der Waals surface area contributed by atoms with Crippen LogP contribution in [0.5, 0.6) is 0 Å². The first kappa shape index (κ1) is 15.2. The molecule has 0 spiro atoms. The zero-order chi connectivity index (χ0) is 14.1. The van der Waals surface area contributed by atoms with Crippen molar-refractivity contribution in [3.8, 4) is 0 Å². The number of amides is 1. The van der Waals surface area contributed by atoms with Gasteiger partial charge in [-0.05, 0) is 6.07 Å². The molecule has 7 nitrogen and oxygen atoms in total. The van der Waals surface area contributed by atoms with Crippen LogP contribution in [0, 0.1) is 0 Å². The molecule has 0 aromatic carbocycles. The molecule has 1 rings (SSSR count). The van der Waals surface area contributed by atoms with Crippen LogP contribution in [0.15, 0.2) is 23.1 Å². The van der Waals surface area contributed by atoms with E-state index in [1.165, 1.54) is 22.9 Å². The van der Waals surface area contributed by atoms with Crippen molar-refractivity contribution in [3.05, 3.63) is 28.7 Å². The van der Waals surface area contributed by atoms with Crippen LogP contribution in [0.2, 0.25) is 0 Å². The molecule has 0 saturated heterocycles. The quantitative estimate of drug-likeness (QED) is 0.603. The Bertz CT molecular complexity index is 459. The predicted octanol–water partition coefficient (Wildman–Crippen LogP) is -0.790. The number of anilines is 1.